The quantitative estimate of drug-likeness (QED) is 0.0743. The van der Waals surface area contributed by atoms with E-state index in [-0.39, 0.29) is 49.1 Å². The molecule has 0 radical (unpaired) electrons. The van der Waals surface area contributed by atoms with E-state index in [2.05, 4.69) is 34.1 Å². The van der Waals surface area contributed by atoms with Crippen molar-refractivity contribution in [2.45, 2.75) is 14.7 Å². The number of phenolic OH excluding ortho intramolecular Hbond substituents is 1. The summed E-state index contributed by atoms with van der Waals surface area (Å²) in [4.78, 5) is -1.55. The third-order valence-electron chi connectivity index (χ3n) is 7.15. The summed E-state index contributed by atoms with van der Waals surface area (Å²) in [6.45, 7) is -1.74. The molecule has 4 rings (SSSR count). The first-order valence-corrected chi connectivity index (χ1v) is 22.2. The van der Waals surface area contributed by atoms with E-state index in [4.69, 9.17) is 13.8 Å². The van der Waals surface area contributed by atoms with Gasteiger partial charge in [-0.2, -0.15) is 30.4 Å². The Morgan fingerprint density at radius 2 is 1.18 bits per heavy atom. The number of aromatic hydroxyl groups is 1. The van der Waals surface area contributed by atoms with Crippen molar-refractivity contribution in [2.24, 2.45) is 20.5 Å². The Morgan fingerprint density at radius 1 is 0.636 bits per heavy atom. The third-order valence-corrected chi connectivity index (χ3v) is 12.3. The molecule has 4 aromatic carbocycles. The number of benzene rings is 4. The van der Waals surface area contributed by atoms with Crippen LogP contribution in [0.25, 0.3) is 10.8 Å². The zero-order valence-electron chi connectivity index (χ0n) is 28.0. The number of hydrogen-bond acceptors (Lipinski definition) is 19. The summed E-state index contributed by atoms with van der Waals surface area (Å²) < 4.78 is 159. The third kappa shape index (κ3) is 11.2. The molecule has 0 atom stereocenters. The Kier molecular flexibility index (Phi) is 13.0. The Morgan fingerprint density at radius 3 is 1.71 bits per heavy atom. The molecule has 0 aliphatic carbocycles. The van der Waals surface area contributed by atoms with Crippen LogP contribution in [-0.4, -0.2) is 99.7 Å². The van der Waals surface area contributed by atoms with Gasteiger partial charge in [-0.05, 0) is 54.6 Å². The Hall–Kier alpha value is -4.71. The smallest absolute Gasteiger partial charge is 0.397 e. The van der Waals surface area contributed by atoms with Crippen molar-refractivity contribution in [1.82, 2.24) is 0 Å². The first kappa shape index (κ1) is 43.0. The van der Waals surface area contributed by atoms with Crippen LogP contribution in [0.3, 0.4) is 0 Å². The predicted octanol–water partition coefficient (Wildman–Crippen LogP) is 3.86. The molecular weight excluding hydrogens is 839 g/mol. The van der Waals surface area contributed by atoms with Crippen LogP contribution >= 0.6 is 0 Å². The number of phenols is 1. The van der Waals surface area contributed by atoms with Crippen molar-refractivity contribution in [3.8, 4) is 11.5 Å². The average molecular weight is 868 g/mol. The highest BCUT2D eigenvalue weighted by Gasteiger charge is 2.25. The van der Waals surface area contributed by atoms with Gasteiger partial charge in [0.15, 0.2) is 25.4 Å². The summed E-state index contributed by atoms with van der Waals surface area (Å²) in [6.07, 6.45) is 0. The fraction of sp³-hybridized carbons (Fsp3) is 0.214. The van der Waals surface area contributed by atoms with Gasteiger partial charge in [-0.3, -0.25) is 13.7 Å². The Bertz CT molecular complexity index is 2740. The van der Waals surface area contributed by atoms with E-state index >= 15 is 0 Å². The molecule has 27 heteroatoms. The maximum Gasteiger partial charge on any atom is 0.397 e. The molecule has 0 spiro atoms. The van der Waals surface area contributed by atoms with E-state index in [0.29, 0.717) is 0 Å². The lowest BCUT2D eigenvalue weighted by Crippen LogP contribution is -2.15. The van der Waals surface area contributed by atoms with Crippen LogP contribution in [0.5, 0.6) is 11.5 Å². The Labute approximate surface area is 314 Å². The molecule has 0 aliphatic heterocycles. The van der Waals surface area contributed by atoms with E-state index in [9.17, 15) is 51.7 Å². The normalized spacial score (nSPS) is 13.2. The number of nitrogens with one attached hydrogen (secondary N) is 1. The zero-order valence-corrected chi connectivity index (χ0v) is 32.1. The molecule has 22 nitrogen and oxygen atoms in total. The summed E-state index contributed by atoms with van der Waals surface area (Å²) >= 11 is 0. The number of nitrogens with zero attached hydrogens (tertiary/aromatic N) is 4. The maximum atomic E-state index is 12.6. The van der Waals surface area contributed by atoms with E-state index in [0.717, 1.165) is 43.5 Å². The molecule has 298 valence electrons. The largest absolute Gasteiger partial charge is 0.505 e. The molecule has 0 aromatic heterocycles. The van der Waals surface area contributed by atoms with Gasteiger partial charge in [0.05, 0.1) is 53.0 Å². The molecule has 55 heavy (non-hydrogen) atoms. The molecule has 4 aromatic rings. The standard InChI is InChI=1S/C28H29N5O17S5/c1-29-23-10-8-20-21(26(23)32-30-17-3-5-18(6-4-17)51(35,36)13-11-49-54(42,43)44)16-25(53(39,40)41)27(28(20)34)33-31-22-9-7-19(15-24(22)48-2)52(37,38)14-12-50-55(45,46)47/h3-10,15-16,29,34H,11-14H2,1-2H3,(H,39,40,41)(H,42,43,44)(H,45,46,47)/b32-30+,33-31+. The van der Waals surface area contributed by atoms with Crippen LogP contribution < -0.4 is 10.1 Å². The molecular formula is C28H29N5O17S5. The molecule has 0 fully saturated rings. The molecule has 0 aliphatic rings. The van der Waals surface area contributed by atoms with Crippen LogP contribution in [0.4, 0.5) is 28.4 Å². The molecule has 0 saturated carbocycles. The predicted molar refractivity (Wildman–Crippen MR) is 192 cm³/mol. The van der Waals surface area contributed by atoms with E-state index < -0.39 is 91.6 Å². The van der Waals surface area contributed by atoms with E-state index in [1.807, 2.05) is 0 Å². The molecule has 0 unspecified atom stereocenters. The molecule has 0 saturated heterocycles. The van der Waals surface area contributed by atoms with Crippen LogP contribution in [0.2, 0.25) is 0 Å². The molecule has 0 bridgehead atoms. The lowest BCUT2D eigenvalue weighted by molar-refractivity contribution is 0.282. The monoisotopic (exact) mass is 867 g/mol. The highest BCUT2D eigenvalue weighted by molar-refractivity contribution is 7.91. The van der Waals surface area contributed by atoms with Gasteiger partial charge in [-0.15, -0.1) is 15.3 Å². The van der Waals surface area contributed by atoms with Gasteiger partial charge in [-0.1, -0.05) is 0 Å². The summed E-state index contributed by atoms with van der Waals surface area (Å²) in [5.74, 6) is -2.64. The van der Waals surface area contributed by atoms with Crippen LogP contribution in [0, 0.1) is 0 Å². The number of methoxy groups -OCH3 is 1. The first-order chi connectivity index (χ1) is 25.5. The summed E-state index contributed by atoms with van der Waals surface area (Å²) in [5.41, 5.74) is -0.621. The minimum absolute atomic E-state index is 0.0524. The second-order valence-electron chi connectivity index (χ2n) is 10.7. The molecule has 0 amide bonds. The van der Waals surface area contributed by atoms with Crippen molar-refractivity contribution in [2.75, 3.05) is 44.2 Å². The van der Waals surface area contributed by atoms with Crippen molar-refractivity contribution in [1.29, 1.82) is 0 Å². The van der Waals surface area contributed by atoms with Gasteiger partial charge >= 0.3 is 20.8 Å². The van der Waals surface area contributed by atoms with Gasteiger partial charge < -0.3 is 15.2 Å². The second-order valence-corrected chi connectivity index (χ2v) is 18.5. The second kappa shape index (κ2) is 16.6. The zero-order chi connectivity index (χ0) is 41.0. The van der Waals surface area contributed by atoms with E-state index in [1.54, 1.807) is 0 Å². The van der Waals surface area contributed by atoms with Gasteiger partial charge in [0, 0.05) is 23.9 Å². The highest BCUT2D eigenvalue weighted by Crippen LogP contribution is 2.47. The summed E-state index contributed by atoms with van der Waals surface area (Å²) in [6, 6.07) is 11.6. The van der Waals surface area contributed by atoms with Gasteiger partial charge in [0.2, 0.25) is 0 Å². The van der Waals surface area contributed by atoms with Crippen LogP contribution in [-0.2, 0) is 59.0 Å². The lowest BCUT2D eigenvalue weighted by Gasteiger charge is -2.13. The Balaban J connectivity index is 1.72. The number of sulfone groups is 2. The van der Waals surface area contributed by atoms with Crippen molar-refractivity contribution in [3.63, 3.8) is 0 Å². The topological polar surface area (TPSA) is 341 Å². The summed E-state index contributed by atoms with van der Waals surface area (Å²) in [7, 11) is -20.5. The minimum Gasteiger partial charge on any atom is -0.505 e. The number of hydrogen-bond donors (Lipinski definition) is 5. The lowest BCUT2D eigenvalue weighted by atomic mass is 10.1. The van der Waals surface area contributed by atoms with Crippen molar-refractivity contribution < 1.29 is 74.0 Å². The number of rotatable bonds is 17. The first-order valence-electron chi connectivity index (χ1n) is 14.7. The fourth-order valence-corrected chi connectivity index (χ4v) is 8.24. The number of ether oxygens (including phenoxy) is 1. The van der Waals surface area contributed by atoms with Crippen LogP contribution in [0.15, 0.2) is 95.8 Å². The minimum atomic E-state index is -5.15. The van der Waals surface area contributed by atoms with Gasteiger partial charge in [-0.25, -0.2) is 25.2 Å². The van der Waals surface area contributed by atoms with Crippen molar-refractivity contribution >= 4 is 89.8 Å². The fourth-order valence-electron chi connectivity index (χ4n) is 4.61. The average Bonchev–Trinajstić information content (AvgIpc) is 3.08. The number of azo groups is 2. The van der Waals surface area contributed by atoms with Gasteiger partial charge in [0.25, 0.3) is 10.1 Å². The SMILES string of the molecule is CNc1ccc2c(O)c(/N=N/c3ccc(S(=O)(=O)CCOS(=O)(=O)O)cc3OC)c(S(=O)(=O)O)cc2c1/N=N/c1ccc(S(=O)(=O)CCOS(=O)(=O)O)cc1. The van der Waals surface area contributed by atoms with Crippen LogP contribution in [0.1, 0.15) is 0 Å². The molecule has 5 N–H and O–H groups in total. The number of fused-ring (bicyclic) bond motifs is 1. The highest BCUT2D eigenvalue weighted by atomic mass is 32.3. The van der Waals surface area contributed by atoms with E-state index in [1.165, 1.54) is 31.3 Å². The van der Waals surface area contributed by atoms with Gasteiger partial charge in [0.1, 0.15) is 27.7 Å². The maximum absolute atomic E-state index is 12.6. The number of anilines is 1. The molecule has 0 heterocycles. The van der Waals surface area contributed by atoms with Crippen molar-refractivity contribution in [3.05, 3.63) is 60.7 Å². The summed E-state index contributed by atoms with van der Waals surface area (Å²) in [5, 5.41) is 29.9.